The van der Waals surface area contributed by atoms with E-state index in [2.05, 4.69) is 10.3 Å². The lowest BCUT2D eigenvalue weighted by Crippen LogP contribution is -2.42. The van der Waals surface area contributed by atoms with Crippen molar-refractivity contribution in [1.82, 2.24) is 10.3 Å². The summed E-state index contributed by atoms with van der Waals surface area (Å²) in [5.74, 6) is -1.24. The van der Waals surface area contributed by atoms with Crippen molar-refractivity contribution in [2.45, 2.75) is 32.7 Å². The molecule has 0 saturated heterocycles. The summed E-state index contributed by atoms with van der Waals surface area (Å²) in [6.45, 7) is 3.81. The van der Waals surface area contributed by atoms with Crippen LogP contribution >= 0.6 is 34.5 Å². The highest BCUT2D eigenvalue weighted by molar-refractivity contribution is 7.13. The van der Waals surface area contributed by atoms with Crippen LogP contribution in [0.4, 0.5) is 0 Å². The first-order chi connectivity index (χ1) is 11.8. The molecule has 2 N–H and O–H groups in total. The Morgan fingerprint density at radius 3 is 2.64 bits per heavy atom. The molecule has 2 rings (SSSR count). The molecule has 0 bridgehead atoms. The maximum atomic E-state index is 12.1. The second kappa shape index (κ2) is 8.65. The molecule has 5 nitrogen and oxygen atoms in total. The Morgan fingerprint density at radius 2 is 2.04 bits per heavy atom. The number of hydrogen-bond donors (Lipinski definition) is 2. The molecule has 1 unspecified atom stereocenters. The summed E-state index contributed by atoms with van der Waals surface area (Å²) in [7, 11) is 0. The molecule has 0 aliphatic rings. The van der Waals surface area contributed by atoms with Gasteiger partial charge in [0, 0.05) is 16.0 Å². The predicted octanol–water partition coefficient (Wildman–Crippen LogP) is 4.27. The van der Waals surface area contributed by atoms with Crippen LogP contribution in [0, 0.1) is 5.92 Å². The number of hydrogen-bond acceptors (Lipinski definition) is 4. The van der Waals surface area contributed by atoms with Crippen molar-refractivity contribution in [3.05, 3.63) is 39.3 Å². The molecule has 0 radical (unpaired) electrons. The monoisotopic (exact) mass is 400 g/mol. The average Bonchev–Trinajstić information content (AvgIpc) is 2.94. The van der Waals surface area contributed by atoms with Gasteiger partial charge in [0.1, 0.15) is 11.0 Å². The predicted molar refractivity (Wildman–Crippen MR) is 100 cm³/mol. The van der Waals surface area contributed by atoms with Gasteiger partial charge in [0.15, 0.2) is 0 Å². The summed E-state index contributed by atoms with van der Waals surface area (Å²) in [6.07, 6.45) is 0.396. The number of carboxylic acids is 1. The first kappa shape index (κ1) is 19.7. The van der Waals surface area contributed by atoms with E-state index in [-0.39, 0.29) is 18.2 Å². The Morgan fingerprint density at radius 1 is 1.32 bits per heavy atom. The summed E-state index contributed by atoms with van der Waals surface area (Å²) in [5.41, 5.74) is 1.31. The van der Waals surface area contributed by atoms with Gasteiger partial charge < -0.3 is 10.4 Å². The summed E-state index contributed by atoms with van der Waals surface area (Å²) in [4.78, 5) is 27.7. The molecule has 8 heteroatoms. The first-order valence-electron chi connectivity index (χ1n) is 7.68. The maximum absolute atomic E-state index is 12.1. The van der Waals surface area contributed by atoms with Gasteiger partial charge in [0.25, 0.3) is 0 Å². The van der Waals surface area contributed by atoms with E-state index < -0.39 is 12.0 Å². The van der Waals surface area contributed by atoms with Gasteiger partial charge in [0.05, 0.1) is 17.1 Å². The summed E-state index contributed by atoms with van der Waals surface area (Å²) < 4.78 is 0. The fraction of sp³-hybridized carbons (Fsp3) is 0.353. The van der Waals surface area contributed by atoms with Crippen molar-refractivity contribution < 1.29 is 14.7 Å². The normalized spacial score (nSPS) is 12.2. The first-order valence-corrected chi connectivity index (χ1v) is 9.31. The molecule has 0 fully saturated rings. The summed E-state index contributed by atoms with van der Waals surface area (Å²) in [6, 6.07) is 4.24. The number of nitrogens with one attached hydrogen (secondary N) is 1. The van der Waals surface area contributed by atoms with Gasteiger partial charge in [-0.15, -0.1) is 11.3 Å². The van der Waals surface area contributed by atoms with Crippen LogP contribution in [0.25, 0.3) is 10.6 Å². The number of nitrogens with zero attached hydrogens (tertiary/aromatic N) is 1. The van der Waals surface area contributed by atoms with Crippen molar-refractivity contribution in [2.75, 3.05) is 0 Å². The van der Waals surface area contributed by atoms with E-state index in [1.807, 2.05) is 13.8 Å². The second-order valence-corrected chi connectivity index (χ2v) is 7.73. The number of benzene rings is 1. The Hall–Kier alpha value is -1.63. The molecule has 1 aromatic heterocycles. The Labute approximate surface area is 160 Å². The third kappa shape index (κ3) is 5.70. The van der Waals surface area contributed by atoms with Crippen molar-refractivity contribution >= 4 is 46.4 Å². The number of aromatic nitrogens is 1. The third-order valence-corrected chi connectivity index (χ3v) is 4.87. The average molecular weight is 401 g/mol. The van der Waals surface area contributed by atoms with E-state index in [9.17, 15) is 14.7 Å². The fourth-order valence-electron chi connectivity index (χ4n) is 2.28. The number of carbonyl (C=O) groups is 2. The van der Waals surface area contributed by atoms with Crippen LogP contribution in [0.1, 0.15) is 26.0 Å². The number of halogens is 2. The van der Waals surface area contributed by atoms with Gasteiger partial charge in [-0.25, -0.2) is 9.78 Å². The number of carbonyl (C=O) groups excluding carboxylic acids is 1. The number of thiazole rings is 1. The van der Waals surface area contributed by atoms with Crippen LogP contribution < -0.4 is 5.32 Å². The molecule has 1 amide bonds. The third-order valence-electron chi connectivity index (χ3n) is 3.40. The van der Waals surface area contributed by atoms with Crippen LogP contribution in [0.3, 0.4) is 0 Å². The topological polar surface area (TPSA) is 79.3 Å². The molecule has 2 aromatic rings. The van der Waals surface area contributed by atoms with Crippen LogP contribution in [0.2, 0.25) is 10.0 Å². The van der Waals surface area contributed by atoms with Crippen molar-refractivity contribution in [2.24, 2.45) is 5.92 Å². The highest BCUT2D eigenvalue weighted by Crippen LogP contribution is 2.32. The van der Waals surface area contributed by atoms with Crippen LogP contribution in [-0.4, -0.2) is 28.0 Å². The van der Waals surface area contributed by atoms with Gasteiger partial charge in [-0.05, 0) is 30.5 Å². The number of amides is 1. The molecule has 1 heterocycles. The van der Waals surface area contributed by atoms with Crippen LogP contribution in [0.15, 0.2) is 23.6 Å². The van der Waals surface area contributed by atoms with Crippen molar-refractivity contribution in [3.63, 3.8) is 0 Å². The lowest BCUT2D eigenvalue weighted by Gasteiger charge is -2.16. The Balaban J connectivity index is 2.05. The van der Waals surface area contributed by atoms with Crippen molar-refractivity contribution in [3.8, 4) is 10.6 Å². The van der Waals surface area contributed by atoms with E-state index in [4.69, 9.17) is 23.2 Å². The molecule has 0 saturated carbocycles. The van der Waals surface area contributed by atoms with Gasteiger partial charge in [-0.1, -0.05) is 37.0 Å². The minimum absolute atomic E-state index is 0.0174. The highest BCUT2D eigenvalue weighted by Gasteiger charge is 2.21. The zero-order chi connectivity index (χ0) is 18.6. The standard InChI is InChI=1S/C17H18Cl2N2O3S/c1-9(2)5-14(17(23)24)21-15(22)7-11-8-25-16(20-11)12-4-3-10(18)6-13(12)19/h3-4,6,8-9,14H,5,7H2,1-2H3,(H,21,22)(H,23,24). The zero-order valence-electron chi connectivity index (χ0n) is 13.8. The van der Waals surface area contributed by atoms with Crippen LogP contribution in [-0.2, 0) is 16.0 Å². The Bertz CT molecular complexity index is 777. The van der Waals surface area contributed by atoms with Crippen molar-refractivity contribution in [1.29, 1.82) is 0 Å². The van der Waals surface area contributed by atoms with E-state index >= 15 is 0 Å². The molecule has 1 atom stereocenters. The van der Waals surface area contributed by atoms with E-state index in [0.717, 1.165) is 5.56 Å². The lowest BCUT2D eigenvalue weighted by molar-refractivity contribution is -0.142. The lowest BCUT2D eigenvalue weighted by atomic mass is 10.0. The fourth-order valence-corrected chi connectivity index (χ4v) is 3.69. The van der Waals surface area contributed by atoms with E-state index in [1.165, 1.54) is 11.3 Å². The molecule has 0 aliphatic carbocycles. The number of aliphatic carboxylic acids is 1. The molecule has 25 heavy (non-hydrogen) atoms. The molecule has 0 spiro atoms. The zero-order valence-corrected chi connectivity index (χ0v) is 16.1. The number of carboxylic acid groups (broad SMARTS) is 1. The van der Waals surface area contributed by atoms with Gasteiger partial charge in [-0.2, -0.15) is 0 Å². The van der Waals surface area contributed by atoms with E-state index in [1.54, 1.807) is 23.6 Å². The van der Waals surface area contributed by atoms with Gasteiger partial charge >= 0.3 is 5.97 Å². The quantitative estimate of drug-likeness (QED) is 0.726. The molecule has 0 aliphatic heterocycles. The van der Waals surface area contributed by atoms with Crippen LogP contribution in [0.5, 0.6) is 0 Å². The van der Waals surface area contributed by atoms with Gasteiger partial charge in [0.2, 0.25) is 5.91 Å². The largest absolute Gasteiger partial charge is 0.480 e. The minimum Gasteiger partial charge on any atom is -0.480 e. The highest BCUT2D eigenvalue weighted by atomic mass is 35.5. The van der Waals surface area contributed by atoms with E-state index in [0.29, 0.717) is 27.2 Å². The molecular weight excluding hydrogens is 383 g/mol. The maximum Gasteiger partial charge on any atom is 0.326 e. The van der Waals surface area contributed by atoms with Gasteiger partial charge in [-0.3, -0.25) is 4.79 Å². The minimum atomic E-state index is -1.03. The molecule has 134 valence electrons. The SMILES string of the molecule is CC(C)CC(NC(=O)Cc1csc(-c2ccc(Cl)cc2Cl)n1)C(=O)O. The summed E-state index contributed by atoms with van der Waals surface area (Å²) in [5, 5.41) is 15.2. The number of rotatable bonds is 7. The smallest absolute Gasteiger partial charge is 0.326 e. The second-order valence-electron chi connectivity index (χ2n) is 6.03. The molecular formula is C17H18Cl2N2O3S. The summed E-state index contributed by atoms with van der Waals surface area (Å²) >= 11 is 13.4. The molecule has 1 aromatic carbocycles. The Kier molecular flexibility index (Phi) is 6.81.